The lowest BCUT2D eigenvalue weighted by Crippen LogP contribution is -2.62. The molecule has 3 rings (SSSR count). The Morgan fingerprint density at radius 3 is 2.29 bits per heavy atom. The van der Waals surface area contributed by atoms with E-state index in [4.69, 9.17) is 0 Å². The summed E-state index contributed by atoms with van der Waals surface area (Å²) in [5, 5.41) is 3.31. The highest BCUT2D eigenvalue weighted by Gasteiger charge is 2.30. The summed E-state index contributed by atoms with van der Waals surface area (Å²) >= 11 is 0. The van der Waals surface area contributed by atoms with Gasteiger partial charge in [-0.2, -0.15) is 0 Å². The van der Waals surface area contributed by atoms with E-state index in [-0.39, 0.29) is 0 Å². The maximum atomic E-state index is 12.1. The number of carbonyl (C=O) groups is 1. The molecule has 4 heteroatoms. The first-order chi connectivity index (χ1) is 8.33. The average Bonchev–Trinajstić information content (AvgIpc) is 2.22. The van der Waals surface area contributed by atoms with Crippen LogP contribution in [0.1, 0.15) is 25.7 Å². The summed E-state index contributed by atoms with van der Waals surface area (Å²) in [6.07, 6.45) is 4.70. The van der Waals surface area contributed by atoms with Crippen molar-refractivity contribution >= 4 is 5.91 Å². The number of piperazine rings is 1. The van der Waals surface area contributed by atoms with Crippen molar-refractivity contribution in [2.45, 2.75) is 31.7 Å². The molecule has 0 atom stereocenters. The lowest BCUT2D eigenvalue weighted by atomic mass is 9.82. The second-order valence-corrected chi connectivity index (χ2v) is 5.73. The summed E-state index contributed by atoms with van der Waals surface area (Å²) in [5.41, 5.74) is 0. The van der Waals surface area contributed by atoms with Crippen LogP contribution in [-0.4, -0.2) is 61.0 Å². The Morgan fingerprint density at radius 1 is 1.12 bits per heavy atom. The fraction of sp³-hybridized carbons (Fsp3) is 0.923. The molecule has 3 aliphatic rings. The van der Waals surface area contributed by atoms with Crippen LogP contribution in [0.2, 0.25) is 0 Å². The molecule has 0 radical (unpaired) electrons. The van der Waals surface area contributed by atoms with Gasteiger partial charge in [-0.1, -0.05) is 6.42 Å². The van der Waals surface area contributed by atoms with E-state index in [0.29, 0.717) is 11.8 Å². The number of amides is 1. The van der Waals surface area contributed by atoms with Gasteiger partial charge in [0.05, 0.1) is 0 Å². The van der Waals surface area contributed by atoms with Crippen molar-refractivity contribution < 1.29 is 4.79 Å². The third-order valence-electron chi connectivity index (χ3n) is 4.63. The van der Waals surface area contributed by atoms with Crippen LogP contribution in [0, 0.1) is 5.92 Å². The molecule has 2 aliphatic heterocycles. The molecule has 3 fully saturated rings. The number of hydrogen-bond donors (Lipinski definition) is 1. The van der Waals surface area contributed by atoms with Crippen molar-refractivity contribution in [2.75, 3.05) is 39.3 Å². The molecule has 1 saturated carbocycles. The first-order valence-electron chi connectivity index (χ1n) is 7.05. The molecular weight excluding hydrogens is 214 g/mol. The summed E-state index contributed by atoms with van der Waals surface area (Å²) < 4.78 is 0. The van der Waals surface area contributed by atoms with Gasteiger partial charge in [-0.3, -0.25) is 9.69 Å². The van der Waals surface area contributed by atoms with Gasteiger partial charge in [-0.15, -0.1) is 0 Å². The molecule has 2 heterocycles. The molecule has 0 spiro atoms. The predicted molar refractivity (Wildman–Crippen MR) is 66.8 cm³/mol. The first-order valence-corrected chi connectivity index (χ1v) is 7.05. The maximum Gasteiger partial charge on any atom is 0.222 e. The molecule has 2 saturated heterocycles. The molecule has 1 aliphatic carbocycles. The number of nitrogens with zero attached hydrogens (tertiary/aromatic N) is 2. The molecule has 17 heavy (non-hydrogen) atoms. The summed E-state index contributed by atoms with van der Waals surface area (Å²) in [6, 6.07) is 0.735. The quantitative estimate of drug-likeness (QED) is 0.766. The van der Waals surface area contributed by atoms with Crippen LogP contribution in [0.3, 0.4) is 0 Å². The maximum absolute atomic E-state index is 12.1. The minimum atomic E-state index is 0.404. The van der Waals surface area contributed by atoms with E-state index in [9.17, 15) is 4.79 Å². The van der Waals surface area contributed by atoms with Crippen LogP contribution in [-0.2, 0) is 4.79 Å². The zero-order chi connectivity index (χ0) is 11.7. The van der Waals surface area contributed by atoms with E-state index in [1.807, 2.05) is 0 Å². The van der Waals surface area contributed by atoms with Gasteiger partial charge in [0.25, 0.3) is 0 Å². The number of carbonyl (C=O) groups excluding carboxylic acids is 1. The van der Waals surface area contributed by atoms with Crippen molar-refractivity contribution in [3.8, 4) is 0 Å². The third kappa shape index (κ3) is 2.47. The monoisotopic (exact) mass is 237 g/mol. The Bertz CT molecular complexity index is 278. The second kappa shape index (κ2) is 4.94. The van der Waals surface area contributed by atoms with Crippen LogP contribution in [0.25, 0.3) is 0 Å². The minimum absolute atomic E-state index is 0.404. The van der Waals surface area contributed by atoms with Gasteiger partial charge in [0.2, 0.25) is 5.91 Å². The van der Waals surface area contributed by atoms with E-state index >= 15 is 0 Å². The summed E-state index contributed by atoms with van der Waals surface area (Å²) in [5.74, 6) is 1.11. The van der Waals surface area contributed by atoms with Crippen molar-refractivity contribution in [1.29, 1.82) is 0 Å². The van der Waals surface area contributed by atoms with Gasteiger partial charge in [0.15, 0.2) is 0 Å². The van der Waals surface area contributed by atoms with Gasteiger partial charge in [-0.05, 0) is 18.8 Å². The fourth-order valence-corrected chi connectivity index (χ4v) is 2.94. The second-order valence-electron chi connectivity index (χ2n) is 5.73. The Kier molecular flexibility index (Phi) is 3.34. The highest BCUT2D eigenvalue weighted by molar-refractivity contribution is 5.76. The lowest BCUT2D eigenvalue weighted by Gasteiger charge is -2.43. The van der Waals surface area contributed by atoms with Crippen molar-refractivity contribution in [3.05, 3.63) is 0 Å². The Labute approximate surface area is 103 Å². The normalized spacial score (nSPS) is 27.6. The largest absolute Gasteiger partial charge is 0.340 e. The van der Waals surface area contributed by atoms with E-state index in [2.05, 4.69) is 15.1 Å². The third-order valence-corrected chi connectivity index (χ3v) is 4.63. The van der Waals surface area contributed by atoms with Crippen molar-refractivity contribution in [2.24, 2.45) is 5.92 Å². The molecule has 0 aromatic rings. The average molecular weight is 237 g/mol. The van der Waals surface area contributed by atoms with Crippen LogP contribution in [0.15, 0.2) is 0 Å². The molecule has 1 N–H and O–H groups in total. The van der Waals surface area contributed by atoms with Crippen LogP contribution >= 0.6 is 0 Å². The highest BCUT2D eigenvalue weighted by Crippen LogP contribution is 2.30. The Morgan fingerprint density at radius 2 is 1.82 bits per heavy atom. The van der Waals surface area contributed by atoms with Gasteiger partial charge < -0.3 is 10.2 Å². The number of nitrogens with one attached hydrogen (secondary N) is 1. The first kappa shape index (κ1) is 11.5. The predicted octanol–water partition coefficient (Wildman–Crippen LogP) is 0.293. The van der Waals surface area contributed by atoms with Gasteiger partial charge in [0.1, 0.15) is 0 Å². The van der Waals surface area contributed by atoms with Gasteiger partial charge in [0, 0.05) is 51.7 Å². The van der Waals surface area contributed by atoms with E-state index in [1.54, 1.807) is 0 Å². The summed E-state index contributed by atoms with van der Waals surface area (Å²) in [6.45, 7) is 6.31. The van der Waals surface area contributed by atoms with E-state index in [1.165, 1.54) is 19.3 Å². The minimum Gasteiger partial charge on any atom is -0.340 e. The summed E-state index contributed by atoms with van der Waals surface area (Å²) in [7, 11) is 0. The van der Waals surface area contributed by atoms with Gasteiger partial charge in [-0.25, -0.2) is 0 Å². The molecule has 0 bridgehead atoms. The van der Waals surface area contributed by atoms with E-state index in [0.717, 1.165) is 51.7 Å². The molecule has 0 aromatic heterocycles. The SMILES string of the molecule is O=C(CC1CCC1)N1CCN(C2CNC2)CC1. The Hall–Kier alpha value is -0.610. The molecule has 0 aromatic carbocycles. The van der Waals surface area contributed by atoms with Crippen molar-refractivity contribution in [1.82, 2.24) is 15.1 Å². The zero-order valence-corrected chi connectivity index (χ0v) is 10.5. The van der Waals surface area contributed by atoms with Crippen LogP contribution in [0.5, 0.6) is 0 Å². The zero-order valence-electron chi connectivity index (χ0n) is 10.5. The molecule has 1 amide bonds. The molecule has 4 nitrogen and oxygen atoms in total. The Balaban J connectivity index is 1.42. The number of rotatable bonds is 3. The highest BCUT2D eigenvalue weighted by atomic mass is 16.2. The van der Waals surface area contributed by atoms with Crippen LogP contribution in [0.4, 0.5) is 0 Å². The smallest absolute Gasteiger partial charge is 0.222 e. The van der Waals surface area contributed by atoms with E-state index < -0.39 is 0 Å². The number of hydrogen-bond acceptors (Lipinski definition) is 3. The summed E-state index contributed by atoms with van der Waals surface area (Å²) in [4.78, 5) is 16.7. The van der Waals surface area contributed by atoms with Crippen LogP contribution < -0.4 is 5.32 Å². The molecular formula is C13H23N3O. The topological polar surface area (TPSA) is 35.6 Å². The fourth-order valence-electron chi connectivity index (χ4n) is 2.94. The standard InChI is InChI=1S/C13H23N3O/c17-13(8-11-2-1-3-11)16-6-4-15(5-7-16)12-9-14-10-12/h11-12,14H,1-10H2. The molecule has 0 unspecified atom stereocenters. The van der Waals surface area contributed by atoms with Crippen molar-refractivity contribution in [3.63, 3.8) is 0 Å². The van der Waals surface area contributed by atoms with Gasteiger partial charge >= 0.3 is 0 Å². The lowest BCUT2D eigenvalue weighted by molar-refractivity contribution is -0.135. The molecule has 96 valence electrons.